The van der Waals surface area contributed by atoms with Crippen molar-refractivity contribution in [2.24, 2.45) is 5.73 Å². The quantitative estimate of drug-likeness (QED) is 0.160. The number of aliphatic hydroxyl groups excluding tert-OH is 2. The van der Waals surface area contributed by atoms with Crippen LogP contribution in [0, 0.1) is 0 Å². The van der Waals surface area contributed by atoms with Crippen LogP contribution in [0.2, 0.25) is 0 Å². The highest BCUT2D eigenvalue weighted by Crippen LogP contribution is 2.04. The Balaban J connectivity index is 2.77. The third kappa shape index (κ3) is 9.78. The molecule has 0 saturated carbocycles. The summed E-state index contributed by atoms with van der Waals surface area (Å²) in [6.07, 6.45) is 0.767. The summed E-state index contributed by atoms with van der Waals surface area (Å²) in [6.45, 7) is 0.458. The zero-order valence-electron chi connectivity index (χ0n) is 18.6. The fourth-order valence-corrected chi connectivity index (χ4v) is 3.32. The summed E-state index contributed by atoms with van der Waals surface area (Å²) in [5, 5.41) is 35.6. The van der Waals surface area contributed by atoms with Crippen LogP contribution >= 0.6 is 11.8 Å². The lowest BCUT2D eigenvalue weighted by molar-refractivity contribution is -0.143. The van der Waals surface area contributed by atoms with Crippen molar-refractivity contribution in [3.05, 3.63) is 35.9 Å². The fraction of sp³-hybridized carbons (Fsp3) is 0.524. The molecule has 0 aliphatic rings. The molecule has 0 heterocycles. The summed E-state index contributed by atoms with van der Waals surface area (Å²) >= 11 is 1.40. The lowest BCUT2D eigenvalue weighted by Crippen LogP contribution is -2.60. The number of carbonyl (C=O) groups is 4. The number of thioether (sulfide) groups is 1. The first-order chi connectivity index (χ1) is 15.6. The number of carboxylic acids is 1. The summed E-state index contributed by atoms with van der Waals surface area (Å²) in [7, 11) is 0. The van der Waals surface area contributed by atoms with E-state index in [-0.39, 0.29) is 12.8 Å². The Morgan fingerprint density at radius 1 is 1.00 bits per heavy atom. The van der Waals surface area contributed by atoms with Gasteiger partial charge in [-0.15, -0.1) is 0 Å². The highest BCUT2D eigenvalue weighted by atomic mass is 32.2. The number of nitrogens with two attached hydrogens (primary N) is 1. The van der Waals surface area contributed by atoms with Gasteiger partial charge in [-0.3, -0.25) is 14.4 Å². The van der Waals surface area contributed by atoms with Crippen molar-refractivity contribution in [2.75, 3.05) is 18.6 Å². The average molecular weight is 485 g/mol. The van der Waals surface area contributed by atoms with E-state index in [1.807, 2.05) is 6.07 Å². The van der Waals surface area contributed by atoms with Crippen molar-refractivity contribution in [3.63, 3.8) is 0 Å². The Bertz CT molecular complexity index is 794. The van der Waals surface area contributed by atoms with Crippen LogP contribution in [0.1, 0.15) is 18.9 Å². The lowest BCUT2D eigenvalue weighted by atomic mass is 10.1. The van der Waals surface area contributed by atoms with Gasteiger partial charge < -0.3 is 37.0 Å². The molecular weight excluding hydrogens is 452 g/mol. The van der Waals surface area contributed by atoms with Gasteiger partial charge in [0.05, 0.1) is 18.8 Å². The molecule has 5 atom stereocenters. The summed E-state index contributed by atoms with van der Waals surface area (Å²) < 4.78 is 0. The third-order valence-electron chi connectivity index (χ3n) is 4.74. The molecule has 1 rings (SSSR count). The predicted molar refractivity (Wildman–Crippen MR) is 123 cm³/mol. The Hall–Kier alpha value is -2.67. The first-order valence-electron chi connectivity index (χ1n) is 10.3. The zero-order valence-corrected chi connectivity index (χ0v) is 19.4. The molecule has 1 aromatic rings. The number of hydrogen-bond acceptors (Lipinski definition) is 8. The van der Waals surface area contributed by atoms with Crippen molar-refractivity contribution >= 4 is 35.5 Å². The van der Waals surface area contributed by atoms with Gasteiger partial charge in [-0.05, 0) is 37.3 Å². The van der Waals surface area contributed by atoms with E-state index in [9.17, 15) is 34.5 Å². The minimum absolute atomic E-state index is 0.150. The van der Waals surface area contributed by atoms with Crippen LogP contribution in [0.3, 0.4) is 0 Å². The summed E-state index contributed by atoms with van der Waals surface area (Å²) in [5.41, 5.74) is 6.70. The van der Waals surface area contributed by atoms with Crippen LogP contribution in [0.4, 0.5) is 0 Å². The van der Waals surface area contributed by atoms with Gasteiger partial charge in [-0.25, -0.2) is 4.79 Å². The number of aliphatic carboxylic acids is 1. The number of aliphatic hydroxyl groups is 2. The lowest BCUT2D eigenvalue weighted by Gasteiger charge is -2.26. The molecule has 3 amide bonds. The van der Waals surface area contributed by atoms with Crippen LogP contribution in [0.5, 0.6) is 0 Å². The molecule has 0 spiro atoms. The number of hydrogen-bond donors (Lipinski definition) is 7. The smallest absolute Gasteiger partial charge is 0.326 e. The number of carbonyl (C=O) groups excluding carboxylic acids is 3. The van der Waals surface area contributed by atoms with Gasteiger partial charge in [0.25, 0.3) is 0 Å². The van der Waals surface area contributed by atoms with E-state index in [1.54, 1.807) is 30.5 Å². The van der Waals surface area contributed by atoms with Crippen LogP contribution in [0.15, 0.2) is 30.3 Å². The molecule has 0 fully saturated rings. The van der Waals surface area contributed by atoms with Gasteiger partial charge in [0.15, 0.2) is 0 Å². The third-order valence-corrected chi connectivity index (χ3v) is 5.38. The Labute approximate surface area is 196 Å². The molecule has 0 aliphatic carbocycles. The molecule has 0 radical (unpaired) electrons. The first kappa shape index (κ1) is 28.4. The molecule has 184 valence electrons. The molecule has 33 heavy (non-hydrogen) atoms. The second kappa shape index (κ2) is 14.5. The zero-order chi connectivity index (χ0) is 25.0. The molecule has 0 bridgehead atoms. The predicted octanol–water partition coefficient (Wildman–Crippen LogP) is -1.78. The minimum atomic E-state index is -1.50. The molecular formula is C21H32N4O7S. The van der Waals surface area contributed by atoms with Crippen LogP contribution in [-0.4, -0.2) is 87.9 Å². The highest BCUT2D eigenvalue weighted by molar-refractivity contribution is 7.98. The van der Waals surface area contributed by atoms with Crippen molar-refractivity contribution in [1.29, 1.82) is 0 Å². The van der Waals surface area contributed by atoms with Gasteiger partial charge in [-0.1, -0.05) is 30.3 Å². The number of carboxylic acid groups (broad SMARTS) is 1. The second-order valence-electron chi connectivity index (χ2n) is 7.45. The summed E-state index contributed by atoms with van der Waals surface area (Å²) in [6, 6.07) is 3.86. The largest absolute Gasteiger partial charge is 0.480 e. The van der Waals surface area contributed by atoms with Crippen molar-refractivity contribution in [3.8, 4) is 0 Å². The van der Waals surface area contributed by atoms with Crippen LogP contribution in [-0.2, 0) is 25.6 Å². The van der Waals surface area contributed by atoms with E-state index in [1.165, 1.54) is 18.7 Å². The molecule has 0 aromatic heterocycles. The number of nitrogens with one attached hydrogen (secondary N) is 3. The maximum Gasteiger partial charge on any atom is 0.326 e. The molecule has 12 heteroatoms. The topological polar surface area (TPSA) is 191 Å². The molecule has 11 nitrogen and oxygen atoms in total. The normalized spacial score (nSPS) is 15.4. The van der Waals surface area contributed by atoms with Crippen LogP contribution in [0.25, 0.3) is 0 Å². The van der Waals surface area contributed by atoms with E-state index in [2.05, 4.69) is 16.0 Å². The highest BCUT2D eigenvalue weighted by Gasteiger charge is 2.32. The van der Waals surface area contributed by atoms with E-state index in [0.717, 1.165) is 5.56 Å². The molecule has 8 N–H and O–H groups in total. The molecule has 5 unspecified atom stereocenters. The fourth-order valence-electron chi connectivity index (χ4n) is 2.85. The van der Waals surface area contributed by atoms with E-state index >= 15 is 0 Å². The van der Waals surface area contributed by atoms with Gasteiger partial charge in [-0.2, -0.15) is 11.8 Å². The Morgan fingerprint density at radius 2 is 1.61 bits per heavy atom. The number of rotatable bonds is 14. The van der Waals surface area contributed by atoms with E-state index in [4.69, 9.17) is 5.73 Å². The Kier molecular flexibility index (Phi) is 12.4. The van der Waals surface area contributed by atoms with Crippen molar-refractivity contribution < 1.29 is 34.5 Å². The Morgan fingerprint density at radius 3 is 2.12 bits per heavy atom. The van der Waals surface area contributed by atoms with Gasteiger partial charge in [0.1, 0.15) is 18.1 Å². The number of benzene rings is 1. The maximum absolute atomic E-state index is 12.6. The second-order valence-corrected chi connectivity index (χ2v) is 8.43. The average Bonchev–Trinajstić information content (AvgIpc) is 2.78. The van der Waals surface area contributed by atoms with Crippen molar-refractivity contribution in [1.82, 2.24) is 16.0 Å². The van der Waals surface area contributed by atoms with Gasteiger partial charge in [0.2, 0.25) is 17.7 Å². The van der Waals surface area contributed by atoms with Gasteiger partial charge >= 0.3 is 5.97 Å². The standard InChI is InChI=1S/C21H32N4O7S/c1-12(27)17(20(30)23-15(21(31)32)8-9-33-2)25-19(29)16(11-26)24-18(28)14(22)10-13-6-4-3-5-7-13/h3-7,12,14-17,26-27H,8-11,22H2,1-2H3,(H,23,30)(H,24,28)(H,25,29)(H,31,32). The monoisotopic (exact) mass is 484 g/mol. The molecule has 0 aliphatic heterocycles. The van der Waals surface area contributed by atoms with E-state index in [0.29, 0.717) is 5.75 Å². The first-order valence-corrected chi connectivity index (χ1v) is 11.7. The van der Waals surface area contributed by atoms with Crippen LogP contribution < -0.4 is 21.7 Å². The molecule has 1 aromatic carbocycles. The van der Waals surface area contributed by atoms with Gasteiger partial charge in [0, 0.05) is 0 Å². The number of amides is 3. The van der Waals surface area contributed by atoms with Crippen molar-refractivity contribution in [2.45, 2.75) is 50.0 Å². The van der Waals surface area contributed by atoms with E-state index < -0.39 is 60.6 Å². The maximum atomic E-state index is 12.6. The summed E-state index contributed by atoms with van der Waals surface area (Å²) in [5.74, 6) is -3.30. The molecule has 0 saturated heterocycles. The SMILES string of the molecule is CSCCC(NC(=O)C(NC(=O)C(CO)NC(=O)C(N)Cc1ccccc1)C(C)O)C(=O)O. The minimum Gasteiger partial charge on any atom is -0.480 e. The summed E-state index contributed by atoms with van der Waals surface area (Å²) in [4.78, 5) is 48.8.